The number of aryl methyl sites for hydroxylation is 2. The van der Waals surface area contributed by atoms with Crippen molar-refractivity contribution in [3.63, 3.8) is 0 Å². The van der Waals surface area contributed by atoms with Crippen molar-refractivity contribution in [3.8, 4) is 0 Å². The van der Waals surface area contributed by atoms with Gasteiger partial charge in [0.2, 0.25) is 0 Å². The molecule has 0 aromatic carbocycles. The molecule has 1 aromatic heterocycles. The molecular weight excluding hydrogens is 215 g/mol. The molecule has 0 N–H and O–H groups in total. The largest absolute Gasteiger partial charge is 0.468 e. The fraction of sp³-hybridized carbons (Fsp3) is 0.667. The van der Waals surface area contributed by atoms with Crippen molar-refractivity contribution < 1.29 is 14.1 Å². The standard InChI is InChI=1S/C12H21BN2O2/c1-4-6-7-15-9-8-14(3)12(15)13-10-11(16)17-5-2/h8-9H,4-7,10H2,1-3H3. The molecule has 0 saturated heterocycles. The highest BCUT2D eigenvalue weighted by molar-refractivity contribution is 6.54. The van der Waals surface area contributed by atoms with Crippen LogP contribution >= 0.6 is 0 Å². The lowest BCUT2D eigenvalue weighted by Crippen LogP contribution is -2.50. The van der Waals surface area contributed by atoms with Gasteiger partial charge in [-0.2, -0.15) is 7.28 Å². The topological polar surface area (TPSA) is 35.1 Å². The highest BCUT2D eigenvalue weighted by Crippen LogP contribution is 1.93. The molecule has 17 heavy (non-hydrogen) atoms. The molecule has 5 heteroatoms. The van der Waals surface area contributed by atoms with Gasteiger partial charge in [-0.1, -0.05) is 13.3 Å². The zero-order valence-electron chi connectivity index (χ0n) is 11.0. The maximum atomic E-state index is 11.3. The molecule has 0 aliphatic heterocycles. The summed E-state index contributed by atoms with van der Waals surface area (Å²) < 4.78 is 9.10. The molecule has 0 aliphatic rings. The Balaban J connectivity index is 2.56. The molecule has 0 spiro atoms. The van der Waals surface area contributed by atoms with E-state index in [4.69, 9.17) is 4.74 Å². The van der Waals surface area contributed by atoms with Crippen molar-refractivity contribution in [1.29, 1.82) is 0 Å². The lowest BCUT2D eigenvalue weighted by Gasteiger charge is -2.13. The summed E-state index contributed by atoms with van der Waals surface area (Å²) in [6, 6.07) is 0. The number of unbranched alkanes of at least 4 members (excludes halogenated alkanes) is 1. The molecule has 0 bridgehead atoms. The van der Waals surface area contributed by atoms with Crippen LogP contribution in [0.1, 0.15) is 26.7 Å². The average Bonchev–Trinajstić information content (AvgIpc) is 2.65. The van der Waals surface area contributed by atoms with E-state index in [-0.39, 0.29) is 5.97 Å². The lowest BCUT2D eigenvalue weighted by atomic mass is 9.73. The second-order valence-corrected chi connectivity index (χ2v) is 4.03. The number of aromatic nitrogens is 2. The summed E-state index contributed by atoms with van der Waals surface area (Å²) in [6.45, 7) is 5.43. The molecule has 1 aromatic rings. The Kier molecular flexibility index (Phi) is 5.80. The molecule has 1 heterocycles. The summed E-state index contributed by atoms with van der Waals surface area (Å²) in [7, 11) is 3.91. The number of esters is 1. The van der Waals surface area contributed by atoms with Crippen LogP contribution in [0.25, 0.3) is 0 Å². The van der Waals surface area contributed by atoms with Crippen molar-refractivity contribution in [1.82, 2.24) is 4.57 Å². The zero-order chi connectivity index (χ0) is 12.7. The predicted octanol–water partition coefficient (Wildman–Crippen LogP) is 0.424. The summed E-state index contributed by atoms with van der Waals surface area (Å²) in [5.41, 5.74) is 1.06. The number of carbonyl (C=O) groups is 1. The van der Waals surface area contributed by atoms with Crippen LogP contribution in [0.15, 0.2) is 12.4 Å². The molecule has 0 atom stereocenters. The summed E-state index contributed by atoms with van der Waals surface area (Å²) >= 11 is 0. The highest BCUT2D eigenvalue weighted by atomic mass is 16.5. The van der Waals surface area contributed by atoms with E-state index in [0.29, 0.717) is 12.9 Å². The van der Waals surface area contributed by atoms with Gasteiger partial charge in [0.1, 0.15) is 12.4 Å². The molecule has 0 amide bonds. The Bertz CT molecular complexity index is 363. The van der Waals surface area contributed by atoms with Crippen LogP contribution in [0.5, 0.6) is 0 Å². The fourth-order valence-corrected chi connectivity index (χ4v) is 1.71. The Morgan fingerprint density at radius 1 is 1.53 bits per heavy atom. The molecule has 0 saturated carbocycles. The van der Waals surface area contributed by atoms with Crippen molar-refractivity contribution in [2.24, 2.45) is 7.05 Å². The van der Waals surface area contributed by atoms with Crippen molar-refractivity contribution in [2.45, 2.75) is 39.6 Å². The second kappa shape index (κ2) is 7.15. The third-order valence-electron chi connectivity index (χ3n) is 2.64. The zero-order valence-corrected chi connectivity index (χ0v) is 11.0. The van der Waals surface area contributed by atoms with Crippen LogP contribution < -0.4 is 10.3 Å². The van der Waals surface area contributed by atoms with Gasteiger partial charge in [0.15, 0.2) is 0 Å². The first-order chi connectivity index (χ1) is 8.19. The molecule has 1 rings (SSSR count). The highest BCUT2D eigenvalue weighted by Gasteiger charge is 2.05. The minimum Gasteiger partial charge on any atom is -0.468 e. The van der Waals surface area contributed by atoms with Gasteiger partial charge in [0.25, 0.3) is 5.97 Å². The first kappa shape index (κ1) is 13.8. The molecule has 0 unspecified atom stereocenters. The van der Waals surface area contributed by atoms with Crippen LogP contribution in [0.2, 0.25) is 6.32 Å². The molecular formula is C12H21BN2O2. The quantitative estimate of drug-likeness (QED) is 0.391. The SMILES string of the molecule is CCCCn1cc[n+](C)c1[B-]CC(=O)OCC. The van der Waals surface area contributed by atoms with Gasteiger partial charge in [-0.3, -0.25) is 13.9 Å². The normalized spacial score (nSPS) is 10.5. The third-order valence-corrected chi connectivity index (χ3v) is 2.64. The smallest absolute Gasteiger partial charge is 0.265 e. The summed E-state index contributed by atoms with van der Waals surface area (Å²) in [6.07, 6.45) is 6.70. The minimum atomic E-state index is -0.171. The maximum absolute atomic E-state index is 11.3. The number of nitrogens with zero attached hydrogens (tertiary/aromatic N) is 2. The van der Waals surface area contributed by atoms with Crippen molar-refractivity contribution >= 4 is 19.0 Å². The average molecular weight is 236 g/mol. The Morgan fingerprint density at radius 2 is 2.29 bits per heavy atom. The van der Waals surface area contributed by atoms with Gasteiger partial charge in [0.05, 0.1) is 20.2 Å². The van der Waals surface area contributed by atoms with E-state index in [1.165, 1.54) is 6.42 Å². The number of carbonyl (C=O) groups excluding carboxylic acids is 1. The summed E-state index contributed by atoms with van der Waals surface area (Å²) in [4.78, 5) is 11.3. The monoisotopic (exact) mass is 236 g/mol. The summed E-state index contributed by atoms with van der Waals surface area (Å²) in [5.74, 6) is -0.171. The predicted molar refractivity (Wildman–Crippen MR) is 67.3 cm³/mol. The van der Waals surface area contributed by atoms with Crippen LogP contribution in [0, 0.1) is 0 Å². The molecule has 0 aliphatic carbocycles. The van der Waals surface area contributed by atoms with E-state index in [9.17, 15) is 4.79 Å². The van der Waals surface area contributed by atoms with Crippen molar-refractivity contribution in [3.05, 3.63) is 12.4 Å². The minimum absolute atomic E-state index is 0.171. The van der Waals surface area contributed by atoms with E-state index < -0.39 is 0 Å². The number of rotatable bonds is 7. The summed E-state index contributed by atoms with van der Waals surface area (Å²) in [5, 5.41) is 0. The van der Waals surface area contributed by atoms with Crippen LogP contribution in [-0.2, 0) is 23.1 Å². The number of hydrogen-bond donors (Lipinski definition) is 0. The lowest BCUT2D eigenvalue weighted by molar-refractivity contribution is -0.653. The number of ether oxygens (including phenoxy) is 1. The van der Waals surface area contributed by atoms with E-state index in [1.807, 2.05) is 38.2 Å². The number of hydrogen-bond acceptors (Lipinski definition) is 2. The van der Waals surface area contributed by atoms with Gasteiger partial charge in [-0.05, 0) is 13.3 Å². The van der Waals surface area contributed by atoms with Crippen LogP contribution in [0.3, 0.4) is 0 Å². The molecule has 2 radical (unpaired) electrons. The fourth-order valence-electron chi connectivity index (χ4n) is 1.71. The number of imidazole rings is 1. The van der Waals surface area contributed by atoms with Gasteiger partial charge in [-0.25, -0.2) is 0 Å². The van der Waals surface area contributed by atoms with E-state index in [1.54, 1.807) is 0 Å². The maximum Gasteiger partial charge on any atom is 0.265 e. The van der Waals surface area contributed by atoms with Gasteiger partial charge >= 0.3 is 0 Å². The van der Waals surface area contributed by atoms with Crippen LogP contribution in [0.4, 0.5) is 0 Å². The van der Waals surface area contributed by atoms with E-state index in [0.717, 1.165) is 18.7 Å². The third kappa shape index (κ3) is 4.25. The van der Waals surface area contributed by atoms with E-state index >= 15 is 0 Å². The Hall–Kier alpha value is -1.26. The Morgan fingerprint density at radius 3 is 2.94 bits per heavy atom. The first-order valence-electron chi connectivity index (χ1n) is 6.22. The van der Waals surface area contributed by atoms with Crippen molar-refractivity contribution in [2.75, 3.05) is 6.61 Å². The second-order valence-electron chi connectivity index (χ2n) is 4.03. The van der Waals surface area contributed by atoms with Gasteiger partial charge in [0, 0.05) is 5.72 Å². The molecule has 4 nitrogen and oxygen atoms in total. The first-order valence-corrected chi connectivity index (χ1v) is 6.22. The molecule has 94 valence electrons. The Labute approximate surface area is 104 Å². The van der Waals surface area contributed by atoms with Crippen LogP contribution in [-0.4, -0.2) is 24.4 Å². The molecule has 0 fully saturated rings. The van der Waals surface area contributed by atoms with Gasteiger partial charge < -0.3 is 4.74 Å². The van der Waals surface area contributed by atoms with E-state index in [2.05, 4.69) is 11.5 Å². The van der Waals surface area contributed by atoms with Gasteiger partial charge in [-0.15, -0.1) is 6.32 Å².